The monoisotopic (exact) mass is 273 g/mol. The summed E-state index contributed by atoms with van der Waals surface area (Å²) in [5.41, 5.74) is 2.12. The lowest BCUT2D eigenvalue weighted by Crippen LogP contribution is -2.15. The quantitative estimate of drug-likeness (QED) is 0.852. The number of aliphatic hydroxyl groups excluding tert-OH is 1. The third-order valence-corrected chi connectivity index (χ3v) is 3.80. The maximum absolute atomic E-state index is 9.52. The molecule has 20 heavy (non-hydrogen) atoms. The Labute approximate surface area is 115 Å². The van der Waals surface area contributed by atoms with Gasteiger partial charge in [0.05, 0.1) is 18.8 Å². The number of nitrogens with zero attached hydrogens (tertiary/aromatic N) is 2. The Morgan fingerprint density at radius 3 is 3.15 bits per heavy atom. The highest BCUT2D eigenvalue weighted by molar-refractivity contribution is 5.59. The first-order chi connectivity index (χ1) is 9.79. The number of ether oxygens (including phenoxy) is 1. The largest absolute Gasteiger partial charge is 0.493 e. The summed E-state index contributed by atoms with van der Waals surface area (Å²) in [7, 11) is 0. The van der Waals surface area contributed by atoms with Gasteiger partial charge in [0.1, 0.15) is 5.75 Å². The molecular formula is C14H15N3O3. The molecule has 3 heterocycles. The number of hydrogen-bond donors (Lipinski definition) is 2. The SMILES string of the molecule is O[C@@H]1CN[C@@H](c2nc(-c3ccc4c(c3)CCO4)no2)C1. The normalized spacial score (nSPS) is 24.6. The Morgan fingerprint density at radius 1 is 1.35 bits per heavy atom. The van der Waals surface area contributed by atoms with Crippen molar-refractivity contribution in [3.63, 3.8) is 0 Å². The molecule has 0 unspecified atom stereocenters. The highest BCUT2D eigenvalue weighted by Crippen LogP contribution is 2.30. The van der Waals surface area contributed by atoms with Gasteiger partial charge in [0, 0.05) is 18.5 Å². The second-order valence-corrected chi connectivity index (χ2v) is 5.23. The number of fused-ring (bicyclic) bond motifs is 1. The third kappa shape index (κ3) is 1.97. The standard InChI is InChI=1S/C14H15N3O3/c18-10-6-11(15-7-10)14-16-13(17-20-14)9-1-2-12-8(5-9)3-4-19-12/h1-2,5,10-11,15,18H,3-4,6-7H2/t10-,11+/m0/s1. The first-order valence-electron chi connectivity index (χ1n) is 6.81. The molecule has 2 aliphatic heterocycles. The van der Waals surface area contributed by atoms with Crippen molar-refractivity contribution in [2.24, 2.45) is 0 Å². The van der Waals surface area contributed by atoms with Crippen molar-refractivity contribution in [1.29, 1.82) is 0 Å². The average Bonchev–Trinajstić information content (AvgIpc) is 3.17. The zero-order chi connectivity index (χ0) is 13.5. The summed E-state index contributed by atoms with van der Waals surface area (Å²) in [4.78, 5) is 4.43. The van der Waals surface area contributed by atoms with Crippen LogP contribution in [-0.4, -0.2) is 34.5 Å². The van der Waals surface area contributed by atoms with Crippen molar-refractivity contribution in [2.45, 2.75) is 25.0 Å². The molecule has 6 heteroatoms. The number of aliphatic hydroxyl groups is 1. The van der Waals surface area contributed by atoms with Gasteiger partial charge >= 0.3 is 0 Å². The molecule has 104 valence electrons. The fraction of sp³-hybridized carbons (Fsp3) is 0.429. The lowest BCUT2D eigenvalue weighted by atomic mass is 10.1. The van der Waals surface area contributed by atoms with Crippen LogP contribution in [-0.2, 0) is 6.42 Å². The average molecular weight is 273 g/mol. The maximum Gasteiger partial charge on any atom is 0.244 e. The molecule has 2 atom stereocenters. The van der Waals surface area contributed by atoms with E-state index in [2.05, 4.69) is 15.5 Å². The Balaban J connectivity index is 1.61. The molecule has 2 aliphatic rings. The van der Waals surface area contributed by atoms with Gasteiger partial charge in [-0.15, -0.1) is 0 Å². The molecule has 0 bridgehead atoms. The van der Waals surface area contributed by atoms with Gasteiger partial charge in [0.15, 0.2) is 0 Å². The van der Waals surface area contributed by atoms with Crippen LogP contribution >= 0.6 is 0 Å². The van der Waals surface area contributed by atoms with Crippen molar-refractivity contribution in [2.75, 3.05) is 13.2 Å². The summed E-state index contributed by atoms with van der Waals surface area (Å²) in [6.07, 6.45) is 1.19. The zero-order valence-corrected chi connectivity index (χ0v) is 10.9. The van der Waals surface area contributed by atoms with Gasteiger partial charge in [-0.1, -0.05) is 5.16 Å². The van der Waals surface area contributed by atoms with E-state index in [0.29, 0.717) is 24.7 Å². The van der Waals surface area contributed by atoms with E-state index in [-0.39, 0.29) is 12.1 Å². The van der Waals surface area contributed by atoms with E-state index >= 15 is 0 Å². The van der Waals surface area contributed by atoms with E-state index in [0.717, 1.165) is 24.3 Å². The minimum atomic E-state index is -0.340. The van der Waals surface area contributed by atoms with Crippen LogP contribution in [0, 0.1) is 0 Å². The number of nitrogens with one attached hydrogen (secondary N) is 1. The Hall–Kier alpha value is -1.92. The number of β-amino-alcohol motifs (C(OH)–C–C–N with tert-alkyl or cyclic N) is 1. The predicted octanol–water partition coefficient (Wildman–Crippen LogP) is 1.07. The lowest BCUT2D eigenvalue weighted by molar-refractivity contribution is 0.191. The summed E-state index contributed by atoms with van der Waals surface area (Å²) in [6, 6.07) is 5.89. The molecule has 0 radical (unpaired) electrons. The van der Waals surface area contributed by atoms with Gasteiger partial charge in [-0.3, -0.25) is 0 Å². The summed E-state index contributed by atoms with van der Waals surface area (Å²) in [5.74, 6) is 2.06. The topological polar surface area (TPSA) is 80.4 Å². The molecule has 0 amide bonds. The number of aromatic nitrogens is 2. The van der Waals surface area contributed by atoms with E-state index in [9.17, 15) is 5.11 Å². The number of benzene rings is 1. The minimum Gasteiger partial charge on any atom is -0.493 e. The summed E-state index contributed by atoms with van der Waals surface area (Å²) < 4.78 is 10.8. The molecule has 2 aromatic rings. The number of rotatable bonds is 2. The molecule has 1 aromatic heterocycles. The lowest BCUT2D eigenvalue weighted by Gasteiger charge is -2.02. The summed E-state index contributed by atoms with van der Waals surface area (Å²) in [5, 5.41) is 16.7. The molecule has 0 aliphatic carbocycles. The van der Waals surface area contributed by atoms with E-state index in [1.807, 2.05) is 18.2 Å². The van der Waals surface area contributed by atoms with E-state index in [1.165, 1.54) is 5.56 Å². The van der Waals surface area contributed by atoms with Crippen molar-refractivity contribution < 1.29 is 14.4 Å². The van der Waals surface area contributed by atoms with Crippen LogP contribution in [0.15, 0.2) is 22.7 Å². The van der Waals surface area contributed by atoms with Crippen LogP contribution in [0.5, 0.6) is 5.75 Å². The van der Waals surface area contributed by atoms with Gasteiger partial charge in [-0.25, -0.2) is 0 Å². The first kappa shape index (κ1) is 11.9. The summed E-state index contributed by atoms with van der Waals surface area (Å²) in [6.45, 7) is 1.30. The Bertz CT molecular complexity index is 640. The second kappa shape index (κ2) is 4.57. The molecule has 0 spiro atoms. The zero-order valence-electron chi connectivity index (χ0n) is 10.9. The van der Waals surface area contributed by atoms with Crippen LogP contribution in [0.25, 0.3) is 11.4 Å². The van der Waals surface area contributed by atoms with E-state index in [4.69, 9.17) is 9.26 Å². The van der Waals surface area contributed by atoms with Crippen molar-refractivity contribution in [3.8, 4) is 17.1 Å². The molecule has 1 aromatic carbocycles. The fourth-order valence-corrected chi connectivity index (χ4v) is 2.72. The molecule has 1 saturated heterocycles. The van der Waals surface area contributed by atoms with E-state index in [1.54, 1.807) is 0 Å². The smallest absolute Gasteiger partial charge is 0.244 e. The molecular weight excluding hydrogens is 258 g/mol. The van der Waals surface area contributed by atoms with Crippen LogP contribution in [0.4, 0.5) is 0 Å². The summed E-state index contributed by atoms with van der Waals surface area (Å²) >= 11 is 0. The van der Waals surface area contributed by atoms with Crippen LogP contribution in [0.1, 0.15) is 23.9 Å². The van der Waals surface area contributed by atoms with Crippen LogP contribution in [0.2, 0.25) is 0 Å². The Kier molecular flexibility index (Phi) is 2.71. The number of hydrogen-bond acceptors (Lipinski definition) is 6. The maximum atomic E-state index is 9.52. The second-order valence-electron chi connectivity index (χ2n) is 5.23. The van der Waals surface area contributed by atoms with Crippen LogP contribution < -0.4 is 10.1 Å². The fourth-order valence-electron chi connectivity index (χ4n) is 2.72. The van der Waals surface area contributed by atoms with E-state index < -0.39 is 0 Å². The van der Waals surface area contributed by atoms with Crippen LogP contribution in [0.3, 0.4) is 0 Å². The predicted molar refractivity (Wildman–Crippen MR) is 70.3 cm³/mol. The molecule has 6 nitrogen and oxygen atoms in total. The minimum absolute atomic E-state index is 0.0518. The van der Waals surface area contributed by atoms with Gasteiger partial charge in [-0.05, 0) is 30.2 Å². The molecule has 0 saturated carbocycles. The van der Waals surface area contributed by atoms with Crippen molar-refractivity contribution in [1.82, 2.24) is 15.5 Å². The van der Waals surface area contributed by atoms with Crippen molar-refractivity contribution in [3.05, 3.63) is 29.7 Å². The molecule has 2 N–H and O–H groups in total. The molecule has 1 fully saturated rings. The molecule has 4 rings (SSSR count). The Morgan fingerprint density at radius 2 is 2.30 bits per heavy atom. The highest BCUT2D eigenvalue weighted by Gasteiger charge is 2.28. The van der Waals surface area contributed by atoms with Crippen molar-refractivity contribution >= 4 is 0 Å². The third-order valence-electron chi connectivity index (χ3n) is 3.80. The highest BCUT2D eigenvalue weighted by atomic mass is 16.5. The van der Waals surface area contributed by atoms with Gasteiger partial charge in [-0.2, -0.15) is 4.98 Å². The first-order valence-corrected chi connectivity index (χ1v) is 6.81. The van der Waals surface area contributed by atoms with Gasteiger partial charge in [0.25, 0.3) is 0 Å². The van der Waals surface area contributed by atoms with Gasteiger partial charge < -0.3 is 19.7 Å². The van der Waals surface area contributed by atoms with Gasteiger partial charge in [0.2, 0.25) is 11.7 Å².